The maximum atomic E-state index is 13.1. The molecule has 17 nitrogen and oxygen atoms in total. The lowest BCUT2D eigenvalue weighted by Gasteiger charge is -2.21. The molecule has 98 heavy (non-hydrogen) atoms. The third-order valence-electron chi connectivity index (χ3n) is 14.8. The number of phosphoric ester groups is 2. The van der Waals surface area contributed by atoms with Crippen LogP contribution in [0.4, 0.5) is 0 Å². The van der Waals surface area contributed by atoms with Gasteiger partial charge in [-0.2, -0.15) is 0 Å². The predicted octanol–water partition coefficient (Wildman–Crippen LogP) is 21.1. The standard InChI is InChI=1S/C79H130O17P2/c1-5-9-13-17-21-25-29-32-34-35-36-37-39-41-45-48-52-56-60-64-77(82)90-70-75(96-79(84)66-62-58-54-50-46-42-38-33-30-26-22-18-14-10-6-2)72-94-98(87,88)92-68-73(80)67-91-97(85,86)93-71-74(95-78(83)65-61-57-53-49-43-28-24-20-16-12-8-4)69-89-76(81)63-59-55-51-47-44-40-31-27-23-19-15-11-7-3/h9-10,13-15,19-22,24-27,31-34,36-38,41,45,52,56,73-75,80H,5-8,11-12,16-18,23,28-30,35,39-40,42-44,46-51,53-55,57-72H2,1-4H3,(H,85,86)(H,87,88)/b13-9-,14-10-,19-15-,24-20-,25-21-,26-22-,31-27-,34-32-,37-36-,38-33-,45-41-,56-52-. The van der Waals surface area contributed by atoms with Crippen LogP contribution in [0.15, 0.2) is 146 Å². The molecule has 0 aromatic heterocycles. The molecule has 558 valence electrons. The zero-order chi connectivity index (χ0) is 71.8. The maximum absolute atomic E-state index is 13.1. The number of aliphatic hydroxyl groups is 1. The number of carbonyl (C=O) groups excluding carboxylic acids is 4. The Bertz CT molecular complexity index is 2430. The zero-order valence-electron chi connectivity index (χ0n) is 60.7. The summed E-state index contributed by atoms with van der Waals surface area (Å²) in [6.07, 6.45) is 78.7. The number of allylic oxidation sites excluding steroid dienone is 24. The van der Waals surface area contributed by atoms with Gasteiger partial charge in [0.15, 0.2) is 12.2 Å². The Labute approximate surface area is 592 Å². The Morgan fingerprint density at radius 1 is 0.296 bits per heavy atom. The molecule has 3 N–H and O–H groups in total. The molecule has 19 heteroatoms. The molecule has 0 heterocycles. The molecule has 0 aliphatic carbocycles. The molecule has 0 amide bonds. The van der Waals surface area contributed by atoms with E-state index in [1.165, 1.54) is 12.8 Å². The fraction of sp³-hybridized carbons (Fsp3) is 0.646. The fourth-order valence-electron chi connectivity index (χ4n) is 9.16. The second-order valence-corrected chi connectivity index (χ2v) is 27.0. The van der Waals surface area contributed by atoms with Crippen LogP contribution in [0, 0.1) is 0 Å². The average Bonchev–Trinajstić information content (AvgIpc) is 0.992. The Balaban J connectivity index is 5.43. The molecule has 0 saturated carbocycles. The van der Waals surface area contributed by atoms with E-state index < -0.39 is 97.5 Å². The first-order chi connectivity index (χ1) is 47.7. The number of aliphatic hydroxyl groups excluding tert-OH is 1. The van der Waals surface area contributed by atoms with Crippen molar-refractivity contribution in [3.8, 4) is 0 Å². The highest BCUT2D eigenvalue weighted by molar-refractivity contribution is 7.47. The minimum atomic E-state index is -5.00. The number of ether oxygens (including phenoxy) is 4. The van der Waals surface area contributed by atoms with Crippen LogP contribution in [0.1, 0.15) is 272 Å². The van der Waals surface area contributed by atoms with E-state index in [1.54, 1.807) is 0 Å². The lowest BCUT2D eigenvalue weighted by Crippen LogP contribution is -2.30. The van der Waals surface area contributed by atoms with Crippen molar-refractivity contribution < 1.29 is 80.2 Å². The van der Waals surface area contributed by atoms with Crippen LogP contribution in [0.3, 0.4) is 0 Å². The molecule has 0 bridgehead atoms. The number of unbranched alkanes of at least 4 members (excludes halogenated alkanes) is 18. The molecule has 0 spiro atoms. The maximum Gasteiger partial charge on any atom is 0.472 e. The van der Waals surface area contributed by atoms with Crippen molar-refractivity contribution in [1.29, 1.82) is 0 Å². The zero-order valence-corrected chi connectivity index (χ0v) is 62.4. The van der Waals surface area contributed by atoms with Crippen molar-refractivity contribution >= 4 is 39.5 Å². The number of carbonyl (C=O) groups is 4. The first-order valence-electron chi connectivity index (χ1n) is 37.1. The second-order valence-electron chi connectivity index (χ2n) is 24.1. The topological polar surface area (TPSA) is 237 Å². The molecule has 0 rings (SSSR count). The highest BCUT2D eigenvalue weighted by Crippen LogP contribution is 2.45. The molecule has 5 unspecified atom stereocenters. The van der Waals surface area contributed by atoms with Crippen LogP contribution in [0.2, 0.25) is 0 Å². The number of hydrogen-bond donors (Lipinski definition) is 3. The van der Waals surface area contributed by atoms with Gasteiger partial charge in [0.25, 0.3) is 0 Å². The van der Waals surface area contributed by atoms with Gasteiger partial charge < -0.3 is 33.8 Å². The first kappa shape index (κ1) is 92.9. The number of rotatable bonds is 68. The van der Waals surface area contributed by atoms with Crippen molar-refractivity contribution in [2.45, 2.75) is 290 Å². The van der Waals surface area contributed by atoms with Gasteiger partial charge in [0, 0.05) is 25.7 Å². The van der Waals surface area contributed by atoms with Crippen molar-refractivity contribution in [2.24, 2.45) is 0 Å². The van der Waals surface area contributed by atoms with E-state index in [9.17, 15) is 43.2 Å². The van der Waals surface area contributed by atoms with Gasteiger partial charge in [-0.15, -0.1) is 0 Å². The Hall–Kier alpha value is -5.06. The van der Waals surface area contributed by atoms with E-state index >= 15 is 0 Å². The van der Waals surface area contributed by atoms with E-state index in [0.29, 0.717) is 32.1 Å². The highest BCUT2D eigenvalue weighted by Gasteiger charge is 2.30. The van der Waals surface area contributed by atoms with Crippen molar-refractivity contribution in [2.75, 3.05) is 39.6 Å². The third-order valence-corrected chi connectivity index (χ3v) is 16.7. The van der Waals surface area contributed by atoms with Gasteiger partial charge in [-0.3, -0.25) is 37.3 Å². The molecule has 0 fully saturated rings. The molecule has 0 aliphatic rings. The number of phosphoric acid groups is 2. The summed E-state index contributed by atoms with van der Waals surface area (Å²) in [5.41, 5.74) is 0. The van der Waals surface area contributed by atoms with E-state index in [1.807, 2.05) is 18.2 Å². The van der Waals surface area contributed by atoms with E-state index in [2.05, 4.69) is 155 Å². The SMILES string of the molecule is CC/C=C\C/C=C\C/C=C\C/C=C\C/C=C\C/C=C\CCC(=O)OCC(COP(=O)(O)OCC(O)COP(=O)(O)OCC(COC(=O)CCCCCCC/C=C\C/C=C\CCC)OC(=O)CCCCCCC/C=C\CCCC)OC(=O)CCCCCCC/C=C\C/C=C\C/C=C\CC. The van der Waals surface area contributed by atoms with Crippen LogP contribution < -0.4 is 0 Å². The lowest BCUT2D eigenvalue weighted by molar-refractivity contribution is -0.161. The highest BCUT2D eigenvalue weighted by atomic mass is 31.2. The van der Waals surface area contributed by atoms with Crippen LogP contribution >= 0.6 is 15.6 Å². The quantitative estimate of drug-likeness (QED) is 0.0169. The number of esters is 4. The normalized spacial score (nSPS) is 14.8. The largest absolute Gasteiger partial charge is 0.472 e. The summed E-state index contributed by atoms with van der Waals surface area (Å²) in [7, 11) is -9.98. The first-order valence-corrected chi connectivity index (χ1v) is 40.1. The van der Waals surface area contributed by atoms with E-state index in [4.69, 9.17) is 37.0 Å². The van der Waals surface area contributed by atoms with Crippen LogP contribution in [-0.4, -0.2) is 96.7 Å². The minimum Gasteiger partial charge on any atom is -0.462 e. The van der Waals surface area contributed by atoms with E-state index in [-0.39, 0.29) is 25.7 Å². The third kappa shape index (κ3) is 69.4. The van der Waals surface area contributed by atoms with Crippen LogP contribution in [-0.2, 0) is 65.4 Å². The summed E-state index contributed by atoms with van der Waals surface area (Å²) in [4.78, 5) is 72.7. The molecular formula is C79H130O17P2. The smallest absolute Gasteiger partial charge is 0.462 e. The van der Waals surface area contributed by atoms with Gasteiger partial charge in [0.05, 0.1) is 26.4 Å². The Morgan fingerprint density at radius 3 is 0.929 bits per heavy atom. The Kier molecular flexibility index (Phi) is 66.7. The molecular weight excluding hydrogens is 1280 g/mol. The molecule has 5 atom stereocenters. The van der Waals surface area contributed by atoms with Crippen LogP contribution in [0.25, 0.3) is 0 Å². The lowest BCUT2D eigenvalue weighted by atomic mass is 10.1. The van der Waals surface area contributed by atoms with Crippen molar-refractivity contribution in [3.63, 3.8) is 0 Å². The van der Waals surface area contributed by atoms with Gasteiger partial charge in [-0.05, 0) is 141 Å². The molecule has 0 aromatic rings. The molecule has 0 radical (unpaired) electrons. The number of hydrogen-bond acceptors (Lipinski definition) is 15. The fourth-order valence-corrected chi connectivity index (χ4v) is 10.7. The van der Waals surface area contributed by atoms with Crippen molar-refractivity contribution in [1.82, 2.24) is 0 Å². The second kappa shape index (κ2) is 70.4. The summed E-state index contributed by atoms with van der Waals surface area (Å²) in [5, 5.41) is 10.6. The van der Waals surface area contributed by atoms with Crippen LogP contribution in [0.5, 0.6) is 0 Å². The monoisotopic (exact) mass is 1410 g/mol. The summed E-state index contributed by atoms with van der Waals surface area (Å²) < 4.78 is 68.2. The van der Waals surface area contributed by atoms with E-state index in [0.717, 1.165) is 173 Å². The van der Waals surface area contributed by atoms with Gasteiger partial charge in [0.2, 0.25) is 0 Å². The van der Waals surface area contributed by atoms with Gasteiger partial charge in [-0.25, -0.2) is 9.13 Å². The molecule has 0 aromatic carbocycles. The summed E-state index contributed by atoms with van der Waals surface area (Å²) in [6, 6.07) is 0. The van der Waals surface area contributed by atoms with Crippen molar-refractivity contribution in [3.05, 3.63) is 146 Å². The average molecular weight is 1410 g/mol. The summed E-state index contributed by atoms with van der Waals surface area (Å²) in [6.45, 7) is 4.38. The summed E-state index contributed by atoms with van der Waals surface area (Å²) >= 11 is 0. The minimum absolute atomic E-state index is 0.0276. The molecule has 0 saturated heterocycles. The summed E-state index contributed by atoms with van der Waals surface area (Å²) in [5.74, 6) is -2.33. The van der Waals surface area contributed by atoms with Gasteiger partial charge in [-0.1, -0.05) is 251 Å². The predicted molar refractivity (Wildman–Crippen MR) is 399 cm³/mol. The van der Waals surface area contributed by atoms with Gasteiger partial charge >= 0.3 is 39.5 Å². The molecule has 0 aliphatic heterocycles. The Morgan fingerprint density at radius 2 is 0.571 bits per heavy atom. The van der Waals surface area contributed by atoms with Gasteiger partial charge in [0.1, 0.15) is 19.3 Å².